The Morgan fingerprint density at radius 2 is 0.947 bits per heavy atom. The Kier molecular flexibility index (Phi) is 27.1. The SMILES string of the molecule is O=C(OC(=O)OP(=O)(O)O)OP(=O)(O)O.[CaH2].[CaH2].[CaH2].[MgH2]. The van der Waals surface area contributed by atoms with Crippen molar-refractivity contribution in [3.8, 4) is 0 Å². The molecule has 0 aromatic rings. The van der Waals surface area contributed by atoms with Crippen LogP contribution in [0.2, 0.25) is 0 Å². The van der Waals surface area contributed by atoms with E-state index in [4.69, 9.17) is 19.6 Å². The van der Waals surface area contributed by atoms with Crippen LogP contribution < -0.4 is 0 Å². The molecule has 0 radical (unpaired) electrons. The van der Waals surface area contributed by atoms with Gasteiger partial charge in [-0.2, -0.15) is 0 Å². The molecular weight excluding hydrogens is 406 g/mol. The first-order valence-electron chi connectivity index (χ1n) is 2.76. The van der Waals surface area contributed by atoms with Gasteiger partial charge in [-0.15, -0.1) is 0 Å². The summed E-state index contributed by atoms with van der Waals surface area (Å²) in [6.45, 7) is 0. The van der Waals surface area contributed by atoms with Gasteiger partial charge in [0.15, 0.2) is 0 Å². The Hall–Kier alpha value is 3.59. The summed E-state index contributed by atoms with van der Waals surface area (Å²) >= 11 is 0. The molecule has 19 heavy (non-hydrogen) atoms. The van der Waals surface area contributed by atoms with Crippen molar-refractivity contribution in [3.05, 3.63) is 0 Å². The third-order valence-corrected chi connectivity index (χ3v) is 1.33. The minimum absolute atomic E-state index is 0. The Bertz CT molecular complexity index is 327. The second-order valence-corrected chi connectivity index (χ2v) is 4.09. The maximum Gasteiger partial charge on any atom is 0.316 e. The zero-order valence-electron chi connectivity index (χ0n) is 6.54. The van der Waals surface area contributed by atoms with E-state index in [1.165, 1.54) is 0 Å². The number of hydrogen-bond acceptors (Lipinski definition) is 7. The van der Waals surface area contributed by atoms with Crippen molar-refractivity contribution in [2.45, 2.75) is 0 Å². The van der Waals surface area contributed by atoms with Crippen molar-refractivity contribution >= 4 is 164 Å². The number of carbonyl (C=O) groups excluding carboxylic acids is 2. The van der Waals surface area contributed by atoms with Crippen molar-refractivity contribution in [1.29, 1.82) is 0 Å². The van der Waals surface area contributed by atoms with Crippen molar-refractivity contribution in [2.24, 2.45) is 0 Å². The molecule has 17 heteroatoms. The molecule has 11 nitrogen and oxygen atoms in total. The summed E-state index contributed by atoms with van der Waals surface area (Å²) < 4.78 is 29.6. The van der Waals surface area contributed by atoms with E-state index in [2.05, 4.69) is 13.8 Å². The van der Waals surface area contributed by atoms with Crippen molar-refractivity contribution in [2.75, 3.05) is 0 Å². The first-order chi connectivity index (χ1) is 6.49. The molecule has 0 aromatic carbocycles. The number of hydrogen-bond donors (Lipinski definition) is 4. The second kappa shape index (κ2) is 15.1. The second-order valence-electron chi connectivity index (χ2n) is 1.77. The zero-order valence-corrected chi connectivity index (χ0v) is 8.33. The molecule has 0 aliphatic rings. The minimum Gasteiger partial charge on any atom is 0.316 e. The Morgan fingerprint density at radius 3 is 1.11 bits per heavy atom. The molecule has 0 saturated carbocycles. The van der Waals surface area contributed by atoms with Crippen LogP contribution in [0.15, 0.2) is 0 Å². The Labute approximate surface area is 212 Å². The molecule has 4 N–H and O–H groups in total. The van der Waals surface area contributed by atoms with Gasteiger partial charge in [-0.1, -0.05) is 0 Å². The number of ether oxygens (including phenoxy) is 1. The molecule has 0 bridgehead atoms. The van der Waals surface area contributed by atoms with Gasteiger partial charge in [-0.3, -0.25) is 19.6 Å². The van der Waals surface area contributed by atoms with Crippen LogP contribution in [-0.4, -0.2) is 168 Å². The molecule has 0 saturated heterocycles. The zero-order chi connectivity index (χ0) is 12.3. The molecular formula is C2H12Ca3MgO11P2. The molecule has 0 heterocycles. The standard InChI is InChI=1S/C2H4O11P2.3Ca.Mg.8H/c3-1(12-14(5,6)7)11-2(4)13-15(8,9)10;;;;;;;;;;;;/h(H2,5,6,7)(H2,8,9,10);;;;;;;;;;;;. The van der Waals surface area contributed by atoms with E-state index in [1.807, 2.05) is 0 Å². The van der Waals surface area contributed by atoms with E-state index in [-0.39, 0.29) is 136 Å². The molecule has 0 aliphatic heterocycles. The van der Waals surface area contributed by atoms with Crippen LogP contribution >= 0.6 is 15.6 Å². The van der Waals surface area contributed by atoms with Crippen LogP contribution in [0, 0.1) is 0 Å². The topological polar surface area (TPSA) is 177 Å². The number of rotatable bonds is 2. The Morgan fingerprint density at radius 1 is 0.737 bits per heavy atom. The maximum absolute atomic E-state index is 10.3. The van der Waals surface area contributed by atoms with Gasteiger partial charge in [0.05, 0.1) is 0 Å². The average molecular weight is 419 g/mol. The first-order valence-corrected chi connectivity index (χ1v) is 5.82. The van der Waals surface area contributed by atoms with Crippen LogP contribution in [0.25, 0.3) is 0 Å². The van der Waals surface area contributed by atoms with E-state index < -0.39 is 28.0 Å². The number of phosphoric ester groups is 2. The molecule has 0 aromatic heterocycles. The van der Waals surface area contributed by atoms with Gasteiger partial charge in [-0.05, 0) is 0 Å². The number of phosphoric acid groups is 2. The van der Waals surface area contributed by atoms with Crippen LogP contribution in [-0.2, 0) is 22.9 Å². The van der Waals surface area contributed by atoms with Gasteiger partial charge < -0.3 is 13.8 Å². The fourth-order valence-corrected chi connectivity index (χ4v) is 0.762. The van der Waals surface area contributed by atoms with Crippen molar-refractivity contribution in [1.82, 2.24) is 0 Å². The van der Waals surface area contributed by atoms with Crippen LogP contribution in [0.5, 0.6) is 0 Å². The summed E-state index contributed by atoms with van der Waals surface area (Å²) in [6.07, 6.45) is -4.33. The van der Waals surface area contributed by atoms with E-state index in [0.717, 1.165) is 0 Å². The van der Waals surface area contributed by atoms with E-state index in [9.17, 15) is 18.7 Å². The summed E-state index contributed by atoms with van der Waals surface area (Å²) in [6, 6.07) is 0. The monoisotopic (exact) mass is 418 g/mol. The first kappa shape index (κ1) is 34.0. The third kappa shape index (κ3) is 26.8. The predicted molar refractivity (Wildman–Crippen MR) is 72.3 cm³/mol. The van der Waals surface area contributed by atoms with Crippen LogP contribution in [0.3, 0.4) is 0 Å². The van der Waals surface area contributed by atoms with Gasteiger partial charge in [-0.25, -0.2) is 18.7 Å². The van der Waals surface area contributed by atoms with Gasteiger partial charge in [0, 0.05) is 0 Å². The smallest absolute Gasteiger partial charge is 0.316 e. The predicted octanol–water partition coefficient (Wildman–Crippen LogP) is -4.20. The van der Waals surface area contributed by atoms with Crippen molar-refractivity contribution in [3.63, 3.8) is 0 Å². The quantitative estimate of drug-likeness (QED) is 0.148. The average Bonchev–Trinajstić information content (AvgIpc) is 1.73. The van der Waals surface area contributed by atoms with Crippen LogP contribution in [0.1, 0.15) is 0 Å². The summed E-state index contributed by atoms with van der Waals surface area (Å²) in [4.78, 5) is 52.6. The molecule has 0 fully saturated rings. The fourth-order valence-electron chi connectivity index (χ4n) is 0.300. The maximum atomic E-state index is 10.3. The van der Waals surface area contributed by atoms with Crippen LogP contribution in [0.4, 0.5) is 9.59 Å². The normalized spacial score (nSPS) is 9.26. The summed E-state index contributed by atoms with van der Waals surface area (Å²) in [5, 5.41) is 0. The van der Waals surface area contributed by atoms with Gasteiger partial charge >= 0.3 is 164 Å². The molecule has 0 atom stereocenters. The molecule has 0 amide bonds. The van der Waals surface area contributed by atoms with Gasteiger partial charge in [0.25, 0.3) is 0 Å². The van der Waals surface area contributed by atoms with Gasteiger partial charge in [0.1, 0.15) is 0 Å². The summed E-state index contributed by atoms with van der Waals surface area (Å²) in [5.74, 6) is 0. The minimum atomic E-state index is -5.21. The molecule has 0 unspecified atom stereocenters. The molecule has 104 valence electrons. The van der Waals surface area contributed by atoms with E-state index in [0.29, 0.717) is 0 Å². The molecule has 0 rings (SSSR count). The third-order valence-electron chi connectivity index (χ3n) is 0.554. The molecule has 0 aliphatic carbocycles. The summed E-state index contributed by atoms with van der Waals surface area (Å²) in [5.41, 5.74) is 0. The largest absolute Gasteiger partial charge is 0.316 e. The van der Waals surface area contributed by atoms with Gasteiger partial charge in [0.2, 0.25) is 0 Å². The fraction of sp³-hybridized carbons (Fsp3) is 0. The number of carbonyl (C=O) groups is 2. The van der Waals surface area contributed by atoms with E-state index in [1.54, 1.807) is 0 Å². The Balaban J connectivity index is -0.000000163. The molecule has 0 spiro atoms. The van der Waals surface area contributed by atoms with E-state index >= 15 is 0 Å². The van der Waals surface area contributed by atoms with Crippen molar-refractivity contribution < 1.29 is 52.1 Å². The summed E-state index contributed by atoms with van der Waals surface area (Å²) in [7, 11) is -10.4.